The largest absolute Gasteiger partial charge is 0.409 e. The highest BCUT2D eigenvalue weighted by atomic mass is 35.5. The van der Waals surface area contributed by atoms with Gasteiger partial charge in [-0.3, -0.25) is 4.68 Å². The van der Waals surface area contributed by atoms with Crippen LogP contribution in [0, 0.1) is 6.92 Å². The Bertz CT molecular complexity index is 663. The normalized spacial score (nSPS) is 11.7. The van der Waals surface area contributed by atoms with Crippen LogP contribution in [-0.2, 0) is 13.6 Å². The molecular formula is C14H18ClN5O. The van der Waals surface area contributed by atoms with Crippen molar-refractivity contribution in [2.75, 3.05) is 11.9 Å². The Morgan fingerprint density at radius 2 is 2.05 bits per heavy atom. The van der Waals surface area contributed by atoms with Crippen molar-refractivity contribution in [3.63, 3.8) is 0 Å². The zero-order valence-corrected chi connectivity index (χ0v) is 13.0. The van der Waals surface area contributed by atoms with Crippen LogP contribution >= 0.6 is 11.6 Å². The number of amidine groups is 1. The average molecular weight is 308 g/mol. The Morgan fingerprint density at radius 3 is 2.52 bits per heavy atom. The zero-order chi connectivity index (χ0) is 15.6. The molecule has 0 aliphatic rings. The maximum Gasteiger partial charge on any atom is 0.170 e. The fourth-order valence-electron chi connectivity index (χ4n) is 2.11. The van der Waals surface area contributed by atoms with E-state index >= 15 is 0 Å². The molecule has 6 nitrogen and oxygen atoms in total. The first-order chi connectivity index (χ1) is 9.93. The van der Waals surface area contributed by atoms with Crippen molar-refractivity contribution in [2.24, 2.45) is 17.9 Å². The molecule has 21 heavy (non-hydrogen) atoms. The maximum absolute atomic E-state index is 8.65. The molecule has 1 aromatic carbocycles. The summed E-state index contributed by atoms with van der Waals surface area (Å²) in [5, 5.41) is 16.6. The van der Waals surface area contributed by atoms with Crippen molar-refractivity contribution in [2.45, 2.75) is 13.5 Å². The van der Waals surface area contributed by atoms with E-state index in [-0.39, 0.29) is 5.84 Å². The minimum atomic E-state index is 0.0921. The maximum atomic E-state index is 8.65. The van der Waals surface area contributed by atoms with E-state index in [0.717, 1.165) is 17.1 Å². The molecular weight excluding hydrogens is 290 g/mol. The number of benzene rings is 1. The third kappa shape index (κ3) is 3.11. The van der Waals surface area contributed by atoms with E-state index in [9.17, 15) is 0 Å². The van der Waals surface area contributed by atoms with Gasteiger partial charge in [-0.05, 0) is 31.2 Å². The lowest BCUT2D eigenvalue weighted by molar-refractivity contribution is 0.318. The Labute approximate surface area is 128 Å². The summed E-state index contributed by atoms with van der Waals surface area (Å²) in [6, 6.07) is 7.42. The minimum absolute atomic E-state index is 0.0921. The third-order valence-electron chi connectivity index (χ3n) is 3.36. The van der Waals surface area contributed by atoms with Crippen molar-refractivity contribution >= 4 is 23.1 Å². The number of aromatic nitrogens is 2. The van der Waals surface area contributed by atoms with Gasteiger partial charge >= 0.3 is 0 Å². The highest BCUT2D eigenvalue weighted by molar-refractivity contribution is 6.31. The molecule has 0 bridgehead atoms. The van der Waals surface area contributed by atoms with E-state index in [0.29, 0.717) is 17.1 Å². The first-order valence-electron chi connectivity index (χ1n) is 6.41. The summed E-state index contributed by atoms with van der Waals surface area (Å²) in [5.41, 5.74) is 8.99. The average Bonchev–Trinajstić information content (AvgIpc) is 2.73. The molecule has 0 unspecified atom stereocenters. The summed E-state index contributed by atoms with van der Waals surface area (Å²) in [4.78, 5) is 2.05. The molecule has 2 rings (SSSR count). The number of nitrogens with zero attached hydrogens (tertiary/aromatic N) is 4. The number of aryl methyl sites for hydroxylation is 2. The summed E-state index contributed by atoms with van der Waals surface area (Å²) in [7, 11) is 3.85. The smallest absolute Gasteiger partial charge is 0.170 e. The van der Waals surface area contributed by atoms with Crippen molar-refractivity contribution in [3.8, 4) is 0 Å². The van der Waals surface area contributed by atoms with Gasteiger partial charge in [0.2, 0.25) is 0 Å². The molecule has 7 heteroatoms. The fraction of sp³-hybridized carbons (Fsp3) is 0.286. The summed E-state index contributed by atoms with van der Waals surface area (Å²) in [6.45, 7) is 2.52. The molecule has 112 valence electrons. The number of nitrogens with two attached hydrogens (primary N) is 1. The first-order valence-corrected chi connectivity index (χ1v) is 6.79. The van der Waals surface area contributed by atoms with Crippen LogP contribution in [0.4, 0.5) is 5.69 Å². The number of hydrogen-bond acceptors (Lipinski definition) is 4. The summed E-state index contributed by atoms with van der Waals surface area (Å²) < 4.78 is 1.79. The van der Waals surface area contributed by atoms with E-state index in [1.54, 1.807) is 16.8 Å². The van der Waals surface area contributed by atoms with E-state index in [4.69, 9.17) is 22.5 Å². The summed E-state index contributed by atoms with van der Waals surface area (Å²) >= 11 is 6.26. The van der Waals surface area contributed by atoms with Crippen LogP contribution in [0.3, 0.4) is 0 Å². The Morgan fingerprint density at radius 1 is 1.43 bits per heavy atom. The van der Waals surface area contributed by atoms with Crippen LogP contribution in [0.25, 0.3) is 0 Å². The molecule has 3 N–H and O–H groups in total. The van der Waals surface area contributed by atoms with Gasteiger partial charge in [0.15, 0.2) is 5.84 Å². The predicted octanol–water partition coefficient (Wildman–Crippen LogP) is 2.11. The van der Waals surface area contributed by atoms with Crippen LogP contribution in [0.2, 0.25) is 5.02 Å². The van der Waals surface area contributed by atoms with Gasteiger partial charge < -0.3 is 15.8 Å². The minimum Gasteiger partial charge on any atom is -0.409 e. The number of oxime groups is 1. The number of anilines is 1. The van der Waals surface area contributed by atoms with E-state index in [2.05, 4.69) is 15.2 Å². The highest BCUT2D eigenvalue weighted by Crippen LogP contribution is 2.23. The van der Waals surface area contributed by atoms with Crippen LogP contribution in [0.1, 0.15) is 17.0 Å². The molecule has 0 fully saturated rings. The lowest BCUT2D eigenvalue weighted by atomic mass is 10.2. The second-order valence-corrected chi connectivity index (χ2v) is 5.24. The van der Waals surface area contributed by atoms with Crippen molar-refractivity contribution in [1.29, 1.82) is 0 Å². The van der Waals surface area contributed by atoms with Gasteiger partial charge in [-0.25, -0.2) is 0 Å². The van der Waals surface area contributed by atoms with Gasteiger partial charge in [0.05, 0.1) is 23.0 Å². The summed E-state index contributed by atoms with van der Waals surface area (Å²) in [5.74, 6) is 0.0921. The van der Waals surface area contributed by atoms with Gasteiger partial charge in [0.1, 0.15) is 0 Å². The molecule has 0 atom stereocenters. The molecule has 2 aromatic rings. The number of halogens is 1. The van der Waals surface area contributed by atoms with Crippen molar-refractivity contribution in [1.82, 2.24) is 9.78 Å². The standard InChI is InChI=1S/C14H18ClN5O/c1-9-13(15)12(20(3)17-9)8-19(2)11-6-4-10(5-7-11)14(16)18-21/h4-7,21H,8H2,1-3H3,(H2,16,18). The topological polar surface area (TPSA) is 79.7 Å². The molecule has 0 aliphatic heterocycles. The molecule has 0 saturated carbocycles. The summed E-state index contributed by atoms with van der Waals surface area (Å²) in [6.07, 6.45) is 0. The lowest BCUT2D eigenvalue weighted by Gasteiger charge is -2.20. The van der Waals surface area contributed by atoms with Gasteiger partial charge in [0.25, 0.3) is 0 Å². The molecule has 1 aromatic heterocycles. The van der Waals surface area contributed by atoms with Crippen LogP contribution < -0.4 is 10.6 Å². The molecule has 0 radical (unpaired) electrons. The lowest BCUT2D eigenvalue weighted by Crippen LogP contribution is -2.19. The van der Waals surface area contributed by atoms with Gasteiger partial charge in [-0.15, -0.1) is 0 Å². The molecule has 0 amide bonds. The second kappa shape index (κ2) is 6.05. The number of hydrogen-bond donors (Lipinski definition) is 2. The van der Waals surface area contributed by atoms with Gasteiger partial charge in [0, 0.05) is 25.3 Å². The third-order valence-corrected chi connectivity index (χ3v) is 3.85. The molecule has 0 spiro atoms. The molecule has 1 heterocycles. The second-order valence-electron chi connectivity index (χ2n) is 4.86. The number of rotatable bonds is 4. The van der Waals surface area contributed by atoms with Crippen molar-refractivity contribution < 1.29 is 5.21 Å². The van der Waals surface area contributed by atoms with Crippen LogP contribution in [-0.4, -0.2) is 27.9 Å². The first kappa shape index (κ1) is 15.2. The Balaban J connectivity index is 2.19. The monoisotopic (exact) mass is 307 g/mol. The van der Waals surface area contributed by atoms with Crippen molar-refractivity contribution in [3.05, 3.63) is 46.2 Å². The van der Waals surface area contributed by atoms with Crippen LogP contribution in [0.15, 0.2) is 29.4 Å². The molecule has 0 saturated heterocycles. The quantitative estimate of drug-likeness (QED) is 0.392. The SMILES string of the molecule is Cc1nn(C)c(CN(C)c2ccc(C(N)=NO)cc2)c1Cl. The Kier molecular flexibility index (Phi) is 4.37. The van der Waals surface area contributed by atoms with E-state index in [1.807, 2.05) is 33.2 Å². The van der Waals surface area contributed by atoms with Crippen LogP contribution in [0.5, 0.6) is 0 Å². The van der Waals surface area contributed by atoms with Gasteiger partial charge in [-0.2, -0.15) is 5.10 Å². The zero-order valence-electron chi connectivity index (χ0n) is 12.2. The predicted molar refractivity (Wildman–Crippen MR) is 84.0 cm³/mol. The van der Waals surface area contributed by atoms with Gasteiger partial charge in [-0.1, -0.05) is 16.8 Å². The van der Waals surface area contributed by atoms with E-state index < -0.39 is 0 Å². The van der Waals surface area contributed by atoms with E-state index in [1.165, 1.54) is 0 Å². The fourth-order valence-corrected chi connectivity index (χ4v) is 2.33. The Hall–Kier alpha value is -2.21. The highest BCUT2D eigenvalue weighted by Gasteiger charge is 2.13. The molecule has 0 aliphatic carbocycles.